The van der Waals surface area contributed by atoms with Gasteiger partial charge in [-0.3, -0.25) is 4.68 Å². The minimum atomic E-state index is 0.287. The van der Waals surface area contributed by atoms with Crippen molar-refractivity contribution in [3.63, 3.8) is 0 Å². The van der Waals surface area contributed by atoms with Crippen molar-refractivity contribution in [1.82, 2.24) is 49.1 Å². The molecule has 5 aromatic rings. The molecule has 5 aromatic heterocycles. The lowest BCUT2D eigenvalue weighted by Gasteiger charge is -2.08. The number of rotatable bonds is 6. The molecule has 2 N–H and O–H groups in total. The lowest BCUT2D eigenvalue weighted by atomic mass is 10.1. The Morgan fingerprint density at radius 2 is 2.00 bits per heavy atom. The molecule has 1 aliphatic carbocycles. The number of nitrogens with one attached hydrogen (secondary N) is 2. The molecule has 33 heavy (non-hydrogen) atoms. The van der Waals surface area contributed by atoms with Crippen LogP contribution in [0.1, 0.15) is 50.0 Å². The van der Waals surface area contributed by atoms with Crippen LogP contribution in [0.4, 0.5) is 11.8 Å². The van der Waals surface area contributed by atoms with Gasteiger partial charge in [-0.15, -0.1) is 15.3 Å². The number of hydrogen-bond donors (Lipinski definition) is 2. The number of aromatic amines is 1. The number of hydrogen-bond acceptors (Lipinski definition) is 7. The monoisotopic (exact) mass is 443 g/mol. The van der Waals surface area contributed by atoms with Crippen LogP contribution in [0.5, 0.6) is 0 Å². The van der Waals surface area contributed by atoms with Crippen LogP contribution in [0.25, 0.3) is 28.4 Å². The van der Waals surface area contributed by atoms with Crippen LogP contribution in [0.15, 0.2) is 30.9 Å². The van der Waals surface area contributed by atoms with Crippen LogP contribution in [-0.4, -0.2) is 49.1 Å². The maximum absolute atomic E-state index is 4.83. The Labute approximate surface area is 189 Å². The molecular formula is C22H25N11. The summed E-state index contributed by atoms with van der Waals surface area (Å²) in [7, 11) is 1.92. The van der Waals surface area contributed by atoms with E-state index in [2.05, 4.69) is 46.3 Å². The first-order valence-corrected chi connectivity index (χ1v) is 11.1. The number of fused-ring (bicyclic) bond motifs is 1. The topological polar surface area (TPSA) is 119 Å². The highest BCUT2D eigenvalue weighted by molar-refractivity contribution is 5.83. The first-order chi connectivity index (χ1) is 16.0. The van der Waals surface area contributed by atoms with Gasteiger partial charge in [-0.2, -0.15) is 5.10 Å². The minimum Gasteiger partial charge on any atom is -0.331 e. The van der Waals surface area contributed by atoms with Crippen molar-refractivity contribution in [2.75, 3.05) is 5.32 Å². The van der Waals surface area contributed by atoms with Gasteiger partial charge in [0.2, 0.25) is 11.8 Å². The molecule has 1 aliphatic rings. The molecule has 0 atom stereocenters. The van der Waals surface area contributed by atoms with Gasteiger partial charge >= 0.3 is 0 Å². The van der Waals surface area contributed by atoms with Crippen LogP contribution in [0.2, 0.25) is 0 Å². The predicted molar refractivity (Wildman–Crippen MR) is 123 cm³/mol. The highest BCUT2D eigenvalue weighted by Gasteiger charge is 2.27. The van der Waals surface area contributed by atoms with Crippen LogP contribution in [-0.2, 0) is 7.05 Å². The molecule has 0 bridgehead atoms. The van der Waals surface area contributed by atoms with Crippen molar-refractivity contribution in [1.29, 1.82) is 0 Å². The van der Waals surface area contributed by atoms with Crippen molar-refractivity contribution >= 4 is 17.3 Å². The van der Waals surface area contributed by atoms with Crippen molar-refractivity contribution in [3.8, 4) is 22.9 Å². The van der Waals surface area contributed by atoms with Gasteiger partial charge in [-0.25, -0.2) is 14.5 Å². The van der Waals surface area contributed by atoms with E-state index >= 15 is 0 Å². The Bertz CT molecular complexity index is 1460. The summed E-state index contributed by atoms with van der Waals surface area (Å²) < 4.78 is 5.69. The molecule has 6 rings (SSSR count). The third kappa shape index (κ3) is 3.36. The van der Waals surface area contributed by atoms with Gasteiger partial charge < -0.3 is 14.9 Å². The van der Waals surface area contributed by atoms with E-state index in [0.717, 1.165) is 41.0 Å². The molecule has 0 unspecified atom stereocenters. The van der Waals surface area contributed by atoms with Gasteiger partial charge in [0.1, 0.15) is 11.3 Å². The Morgan fingerprint density at radius 3 is 2.70 bits per heavy atom. The van der Waals surface area contributed by atoms with Crippen molar-refractivity contribution in [2.24, 2.45) is 7.05 Å². The maximum atomic E-state index is 4.83. The highest BCUT2D eigenvalue weighted by Crippen LogP contribution is 2.38. The molecular weight excluding hydrogens is 418 g/mol. The smallest absolute Gasteiger partial charge is 0.227 e. The standard InChI is InChI=1S/C22H25N11/c1-12(2)32-9-7-16(29-32)15-11-33-17(13(15)3)19(24-20(30-33)21-23-8-10-31(21)4)26-22-25-18(27-28-22)14-5-6-14/h7-12,14H,5-6H2,1-4H3,(H2,24,25,26,27,28,30). The fourth-order valence-corrected chi connectivity index (χ4v) is 4.01. The van der Waals surface area contributed by atoms with Gasteiger partial charge in [-0.1, -0.05) is 0 Å². The summed E-state index contributed by atoms with van der Waals surface area (Å²) in [6.07, 6.45) is 9.91. The predicted octanol–water partition coefficient (Wildman–Crippen LogP) is 3.62. The minimum absolute atomic E-state index is 0.287. The van der Waals surface area contributed by atoms with Gasteiger partial charge in [0, 0.05) is 49.4 Å². The Morgan fingerprint density at radius 1 is 1.15 bits per heavy atom. The van der Waals surface area contributed by atoms with E-state index in [0.29, 0.717) is 29.3 Å². The number of nitrogens with zero attached hydrogens (tertiary/aromatic N) is 9. The molecule has 0 aromatic carbocycles. The Balaban J connectivity index is 1.50. The molecule has 1 fully saturated rings. The van der Waals surface area contributed by atoms with Crippen LogP contribution >= 0.6 is 0 Å². The summed E-state index contributed by atoms with van der Waals surface area (Å²) in [5.41, 5.74) is 3.78. The molecule has 0 amide bonds. The molecule has 5 heterocycles. The summed E-state index contributed by atoms with van der Waals surface area (Å²) in [6.45, 7) is 6.28. The number of aromatic nitrogens is 10. The number of anilines is 2. The fraction of sp³-hybridized carbons (Fsp3) is 0.364. The highest BCUT2D eigenvalue weighted by atomic mass is 15.3. The fourth-order valence-electron chi connectivity index (χ4n) is 4.01. The zero-order valence-corrected chi connectivity index (χ0v) is 19.0. The SMILES string of the molecule is Cc1c(-c2ccn(C(C)C)n2)cn2nc(-c3nccn3C)nc(Nc3nnc(C4CC4)[nH]3)c12. The number of H-pyrrole nitrogens is 1. The number of imidazole rings is 1. The second kappa shape index (κ2) is 7.26. The van der Waals surface area contributed by atoms with Gasteiger partial charge in [0.15, 0.2) is 11.6 Å². The quantitative estimate of drug-likeness (QED) is 0.411. The zero-order valence-electron chi connectivity index (χ0n) is 19.0. The zero-order chi connectivity index (χ0) is 22.7. The lowest BCUT2D eigenvalue weighted by Crippen LogP contribution is -2.06. The van der Waals surface area contributed by atoms with E-state index in [4.69, 9.17) is 15.2 Å². The van der Waals surface area contributed by atoms with E-state index in [1.807, 2.05) is 45.5 Å². The van der Waals surface area contributed by atoms with Crippen LogP contribution in [0, 0.1) is 6.92 Å². The second-order valence-electron chi connectivity index (χ2n) is 8.84. The average Bonchev–Trinajstić information content (AvgIpc) is 3.16. The summed E-state index contributed by atoms with van der Waals surface area (Å²) in [5, 5.41) is 21.4. The lowest BCUT2D eigenvalue weighted by molar-refractivity contribution is 0.534. The summed E-state index contributed by atoms with van der Waals surface area (Å²) in [4.78, 5) is 12.6. The van der Waals surface area contributed by atoms with Crippen LogP contribution in [0.3, 0.4) is 0 Å². The van der Waals surface area contributed by atoms with Gasteiger partial charge in [-0.05, 0) is 45.2 Å². The molecule has 168 valence electrons. The molecule has 11 heteroatoms. The maximum Gasteiger partial charge on any atom is 0.227 e. The van der Waals surface area contributed by atoms with E-state index in [-0.39, 0.29) is 6.04 Å². The summed E-state index contributed by atoms with van der Waals surface area (Å²) in [6, 6.07) is 2.32. The number of aryl methyl sites for hydroxylation is 2. The molecule has 0 spiro atoms. The third-order valence-corrected chi connectivity index (χ3v) is 6.02. The Kier molecular flexibility index (Phi) is 4.32. The van der Waals surface area contributed by atoms with E-state index in [9.17, 15) is 0 Å². The van der Waals surface area contributed by atoms with E-state index < -0.39 is 0 Å². The Hall–Kier alpha value is -4.02. The van der Waals surface area contributed by atoms with Crippen molar-refractivity contribution in [2.45, 2.75) is 45.6 Å². The second-order valence-corrected chi connectivity index (χ2v) is 8.84. The molecule has 0 saturated heterocycles. The molecule has 1 saturated carbocycles. The normalized spacial score (nSPS) is 14.0. The first kappa shape index (κ1) is 19.6. The molecule has 0 aliphatic heterocycles. The summed E-state index contributed by atoms with van der Waals surface area (Å²) >= 11 is 0. The molecule has 11 nitrogen and oxygen atoms in total. The van der Waals surface area contributed by atoms with E-state index in [1.165, 1.54) is 0 Å². The first-order valence-electron chi connectivity index (χ1n) is 11.1. The van der Waals surface area contributed by atoms with Gasteiger partial charge in [0.05, 0.1) is 5.69 Å². The summed E-state index contributed by atoms with van der Waals surface area (Å²) in [5.74, 6) is 3.78. The van der Waals surface area contributed by atoms with Crippen molar-refractivity contribution in [3.05, 3.63) is 42.2 Å². The van der Waals surface area contributed by atoms with E-state index in [1.54, 1.807) is 6.20 Å². The van der Waals surface area contributed by atoms with Gasteiger partial charge in [0.25, 0.3) is 0 Å². The third-order valence-electron chi connectivity index (χ3n) is 6.02. The van der Waals surface area contributed by atoms with Crippen molar-refractivity contribution < 1.29 is 0 Å². The average molecular weight is 444 g/mol. The molecule has 0 radical (unpaired) electrons. The van der Waals surface area contributed by atoms with Crippen LogP contribution < -0.4 is 5.32 Å². The largest absolute Gasteiger partial charge is 0.331 e.